The van der Waals surface area contributed by atoms with E-state index >= 15 is 0 Å². The molecule has 0 saturated carbocycles. The molecule has 0 fully saturated rings. The number of benzene rings is 2. The van der Waals surface area contributed by atoms with Crippen molar-refractivity contribution >= 4 is 44.8 Å². The Balaban J connectivity index is 1.86. The molecule has 5 rings (SSSR count). The topological polar surface area (TPSA) is 76.3 Å². The molecule has 2 amide bonds. The molecular weight excluding hydrogens is 366 g/mol. The van der Waals surface area contributed by atoms with E-state index in [4.69, 9.17) is 0 Å². The van der Waals surface area contributed by atoms with Crippen molar-refractivity contribution in [1.29, 1.82) is 0 Å². The van der Waals surface area contributed by atoms with Gasteiger partial charge in [0.25, 0.3) is 11.8 Å². The lowest BCUT2D eigenvalue weighted by molar-refractivity contribution is -0.122. The van der Waals surface area contributed by atoms with Crippen LogP contribution in [0.2, 0.25) is 0 Å². The minimum absolute atomic E-state index is 0.216. The molecule has 2 aromatic heterocycles. The molecule has 0 atom stereocenters. The molecule has 1 aliphatic heterocycles. The van der Waals surface area contributed by atoms with Crippen LogP contribution >= 0.6 is 0 Å². The molecule has 0 unspecified atom stereocenters. The number of imide groups is 1. The summed E-state index contributed by atoms with van der Waals surface area (Å²) in [4.78, 5) is 25.7. The van der Waals surface area contributed by atoms with E-state index < -0.39 is 11.8 Å². The molecule has 1 aliphatic rings. The lowest BCUT2D eigenvalue weighted by Crippen LogP contribution is -2.22. The molecule has 2 aromatic carbocycles. The molecule has 4 aromatic rings. The van der Waals surface area contributed by atoms with Gasteiger partial charge in [0.15, 0.2) is 0 Å². The maximum Gasteiger partial charge on any atom is 0.259 e. The summed E-state index contributed by atoms with van der Waals surface area (Å²) < 4.78 is 3.63. The summed E-state index contributed by atoms with van der Waals surface area (Å²) in [6.07, 6.45) is 3.62. The number of aryl methyl sites for hydroxylation is 2. The molecule has 0 aliphatic carbocycles. The number of carbonyl (C=O) groups excluding carboxylic acids is 2. The molecule has 29 heavy (non-hydrogen) atoms. The standard InChI is InChI=1S/C23H19N3O3/c1-13-7-8-15-16(10-25(2)19(15)9-13)20-21(23(29)24-22(20)28)17-11-26(12-27)18-6-4-3-5-14(17)18/h3-11,27H,12H2,1-2H3,(H,24,28,29). The predicted molar refractivity (Wildman–Crippen MR) is 112 cm³/mol. The third-order valence-corrected chi connectivity index (χ3v) is 5.56. The first-order chi connectivity index (χ1) is 14.0. The third-order valence-electron chi connectivity index (χ3n) is 5.56. The number of aliphatic hydroxyl groups is 1. The Hall–Kier alpha value is -3.64. The minimum atomic E-state index is -0.421. The van der Waals surface area contributed by atoms with E-state index in [9.17, 15) is 14.7 Å². The maximum absolute atomic E-state index is 12.8. The van der Waals surface area contributed by atoms with E-state index in [1.165, 1.54) is 0 Å². The van der Waals surface area contributed by atoms with Crippen LogP contribution in [0, 0.1) is 6.92 Å². The first-order valence-electron chi connectivity index (χ1n) is 9.34. The van der Waals surface area contributed by atoms with Crippen molar-refractivity contribution in [2.45, 2.75) is 13.7 Å². The monoisotopic (exact) mass is 385 g/mol. The Morgan fingerprint density at radius 3 is 2.28 bits per heavy atom. The Morgan fingerprint density at radius 2 is 1.55 bits per heavy atom. The van der Waals surface area contributed by atoms with Crippen LogP contribution in [0.15, 0.2) is 54.9 Å². The van der Waals surface area contributed by atoms with Crippen molar-refractivity contribution in [1.82, 2.24) is 14.5 Å². The van der Waals surface area contributed by atoms with Crippen LogP contribution in [-0.4, -0.2) is 26.1 Å². The van der Waals surface area contributed by atoms with Crippen molar-refractivity contribution in [2.24, 2.45) is 7.05 Å². The Bertz CT molecular complexity index is 1370. The van der Waals surface area contributed by atoms with Gasteiger partial charge in [0.1, 0.15) is 6.73 Å². The van der Waals surface area contributed by atoms with Gasteiger partial charge in [0.2, 0.25) is 0 Å². The van der Waals surface area contributed by atoms with Crippen LogP contribution in [0.1, 0.15) is 16.7 Å². The van der Waals surface area contributed by atoms with Crippen molar-refractivity contribution in [3.8, 4) is 0 Å². The summed E-state index contributed by atoms with van der Waals surface area (Å²) in [5.74, 6) is -0.825. The highest BCUT2D eigenvalue weighted by Crippen LogP contribution is 2.38. The SMILES string of the molecule is Cc1ccc2c(C3=C(c4cn(CO)c5ccccc45)C(=O)NC3=O)cn(C)c2c1. The molecule has 3 heterocycles. The molecule has 144 valence electrons. The molecule has 0 saturated heterocycles. The van der Waals surface area contributed by atoms with Crippen molar-refractivity contribution < 1.29 is 14.7 Å². The summed E-state index contributed by atoms with van der Waals surface area (Å²) >= 11 is 0. The molecule has 6 heteroatoms. The molecule has 0 radical (unpaired) electrons. The minimum Gasteiger partial charge on any atom is -0.376 e. The van der Waals surface area contributed by atoms with Crippen molar-refractivity contribution in [3.05, 3.63) is 71.5 Å². The molecule has 0 bridgehead atoms. The van der Waals surface area contributed by atoms with Crippen molar-refractivity contribution in [3.63, 3.8) is 0 Å². The second-order valence-corrected chi connectivity index (χ2v) is 7.38. The van der Waals surface area contributed by atoms with E-state index in [0.717, 1.165) is 32.9 Å². The number of nitrogens with one attached hydrogen (secondary N) is 1. The normalized spacial score (nSPS) is 14.4. The summed E-state index contributed by atoms with van der Waals surface area (Å²) in [6, 6.07) is 13.6. The first-order valence-corrected chi connectivity index (χ1v) is 9.34. The number of aromatic nitrogens is 2. The number of hydrogen-bond acceptors (Lipinski definition) is 3. The number of nitrogens with zero attached hydrogens (tertiary/aromatic N) is 2. The number of fused-ring (bicyclic) bond motifs is 2. The number of rotatable bonds is 3. The largest absolute Gasteiger partial charge is 0.376 e. The second kappa shape index (κ2) is 6.18. The second-order valence-electron chi connectivity index (χ2n) is 7.38. The summed E-state index contributed by atoms with van der Waals surface area (Å²) in [7, 11) is 1.93. The fourth-order valence-electron chi connectivity index (χ4n) is 4.23. The average Bonchev–Trinajstić information content (AvgIpc) is 3.32. The van der Waals surface area contributed by atoms with E-state index in [0.29, 0.717) is 16.7 Å². The summed E-state index contributed by atoms with van der Waals surface area (Å²) in [5, 5.41) is 13.9. The van der Waals surface area contributed by atoms with E-state index in [2.05, 4.69) is 11.4 Å². The summed E-state index contributed by atoms with van der Waals surface area (Å²) in [5.41, 5.74) is 4.99. The van der Waals surface area contributed by atoms with Crippen LogP contribution in [0.3, 0.4) is 0 Å². The van der Waals surface area contributed by atoms with Gasteiger partial charge in [-0.15, -0.1) is 0 Å². The number of amides is 2. The van der Waals surface area contributed by atoms with Crippen LogP contribution < -0.4 is 5.32 Å². The van der Waals surface area contributed by atoms with Gasteiger partial charge in [-0.1, -0.05) is 30.3 Å². The van der Waals surface area contributed by atoms with E-state index in [-0.39, 0.29) is 6.73 Å². The van der Waals surface area contributed by atoms with Gasteiger partial charge < -0.3 is 14.2 Å². The third kappa shape index (κ3) is 2.46. The first kappa shape index (κ1) is 17.5. The summed E-state index contributed by atoms with van der Waals surface area (Å²) in [6.45, 7) is 1.80. The van der Waals surface area contributed by atoms with Crippen LogP contribution in [0.5, 0.6) is 0 Å². The van der Waals surface area contributed by atoms with Gasteiger partial charge in [0.05, 0.1) is 16.7 Å². The molecular formula is C23H19N3O3. The average molecular weight is 385 g/mol. The van der Waals surface area contributed by atoms with Crippen LogP contribution in [-0.2, 0) is 23.4 Å². The van der Waals surface area contributed by atoms with Gasteiger partial charge in [-0.2, -0.15) is 0 Å². The smallest absolute Gasteiger partial charge is 0.259 e. The maximum atomic E-state index is 12.8. The zero-order valence-corrected chi connectivity index (χ0v) is 16.1. The fourth-order valence-corrected chi connectivity index (χ4v) is 4.23. The van der Waals surface area contributed by atoms with Crippen molar-refractivity contribution in [2.75, 3.05) is 0 Å². The fraction of sp³-hybridized carbons (Fsp3) is 0.130. The Kier molecular flexibility index (Phi) is 3.72. The van der Waals surface area contributed by atoms with Gasteiger partial charge in [-0.25, -0.2) is 0 Å². The number of carbonyl (C=O) groups is 2. The van der Waals surface area contributed by atoms with Crippen LogP contribution in [0.25, 0.3) is 33.0 Å². The predicted octanol–water partition coefficient (Wildman–Crippen LogP) is 2.96. The van der Waals surface area contributed by atoms with Gasteiger partial charge in [0, 0.05) is 46.9 Å². The van der Waals surface area contributed by atoms with Gasteiger partial charge in [-0.3, -0.25) is 14.9 Å². The highest BCUT2D eigenvalue weighted by atomic mass is 16.3. The zero-order valence-electron chi connectivity index (χ0n) is 16.1. The van der Waals surface area contributed by atoms with E-state index in [1.54, 1.807) is 10.8 Å². The quantitative estimate of drug-likeness (QED) is 0.533. The highest BCUT2D eigenvalue weighted by Gasteiger charge is 2.35. The van der Waals surface area contributed by atoms with Gasteiger partial charge >= 0.3 is 0 Å². The molecule has 2 N–H and O–H groups in total. The number of aliphatic hydroxyl groups excluding tert-OH is 1. The Labute approximate surface area is 166 Å². The molecule has 0 spiro atoms. The number of para-hydroxylation sites is 1. The van der Waals surface area contributed by atoms with Gasteiger partial charge in [-0.05, 0) is 24.6 Å². The lowest BCUT2D eigenvalue weighted by Gasteiger charge is -2.03. The van der Waals surface area contributed by atoms with Crippen LogP contribution in [0.4, 0.5) is 0 Å². The van der Waals surface area contributed by atoms with E-state index in [1.807, 2.05) is 61.1 Å². The Morgan fingerprint density at radius 1 is 0.897 bits per heavy atom. The zero-order chi connectivity index (χ0) is 20.3. The number of hydrogen-bond donors (Lipinski definition) is 2. The lowest BCUT2D eigenvalue weighted by atomic mass is 9.95. The highest BCUT2D eigenvalue weighted by molar-refractivity contribution is 6.50. The molecule has 6 nitrogen and oxygen atoms in total.